The van der Waals surface area contributed by atoms with Gasteiger partial charge in [-0.05, 0) is 13.8 Å². The molecule has 0 saturated carbocycles. The van der Waals surface area contributed by atoms with E-state index < -0.39 is 9.84 Å². The molecule has 0 radical (unpaired) electrons. The molecule has 0 aliphatic rings. The first-order valence-electron chi connectivity index (χ1n) is 4.06. The Morgan fingerprint density at radius 3 is 2.50 bits per heavy atom. The zero-order chi connectivity index (χ0) is 10.8. The molecular formula is C8H11ClN2O2S. The van der Waals surface area contributed by atoms with Gasteiger partial charge in [0.1, 0.15) is 0 Å². The average Bonchev–Trinajstić information content (AvgIpc) is 2.09. The number of aromatic nitrogens is 2. The minimum absolute atomic E-state index is 0.00116. The molecule has 1 rings (SSSR count). The number of sulfone groups is 1. The van der Waals surface area contributed by atoms with Crippen LogP contribution in [0.1, 0.15) is 11.4 Å². The largest absolute Gasteiger partial charge is 0.257 e. The summed E-state index contributed by atoms with van der Waals surface area (Å²) < 4.78 is 23.0. The summed E-state index contributed by atoms with van der Waals surface area (Å²) >= 11 is 5.38. The Hall–Kier alpha value is -0.680. The number of rotatable bonds is 3. The SMILES string of the molecule is Cc1ncc(S(=O)(=O)CCCl)nc1C. The molecule has 0 spiro atoms. The van der Waals surface area contributed by atoms with E-state index in [2.05, 4.69) is 9.97 Å². The fourth-order valence-electron chi connectivity index (χ4n) is 0.877. The zero-order valence-corrected chi connectivity index (χ0v) is 9.56. The van der Waals surface area contributed by atoms with Crippen LogP contribution in [0.5, 0.6) is 0 Å². The van der Waals surface area contributed by atoms with Gasteiger partial charge in [-0.15, -0.1) is 11.6 Å². The molecule has 0 amide bonds. The number of halogens is 1. The third-order valence-corrected chi connectivity index (χ3v) is 3.82. The highest BCUT2D eigenvalue weighted by Gasteiger charge is 2.16. The summed E-state index contributed by atoms with van der Waals surface area (Å²) in [4.78, 5) is 7.90. The monoisotopic (exact) mass is 234 g/mol. The Morgan fingerprint density at radius 1 is 1.36 bits per heavy atom. The molecule has 78 valence electrons. The number of hydrogen-bond acceptors (Lipinski definition) is 4. The quantitative estimate of drug-likeness (QED) is 0.735. The van der Waals surface area contributed by atoms with Crippen LogP contribution in [0.2, 0.25) is 0 Å². The summed E-state index contributed by atoms with van der Waals surface area (Å²) in [5.74, 6) is -0.0390. The molecule has 0 N–H and O–H groups in total. The van der Waals surface area contributed by atoms with Crippen LogP contribution in [0.4, 0.5) is 0 Å². The van der Waals surface area contributed by atoms with E-state index >= 15 is 0 Å². The molecule has 0 aliphatic heterocycles. The number of aryl methyl sites for hydroxylation is 2. The second kappa shape index (κ2) is 4.23. The predicted molar refractivity (Wildman–Crippen MR) is 54.3 cm³/mol. The molecule has 0 unspecified atom stereocenters. The maximum Gasteiger partial charge on any atom is 0.198 e. The van der Waals surface area contributed by atoms with Crippen molar-refractivity contribution in [3.63, 3.8) is 0 Å². The summed E-state index contributed by atoms with van der Waals surface area (Å²) in [5, 5.41) is 0.00116. The van der Waals surface area contributed by atoms with Crippen LogP contribution in [0.25, 0.3) is 0 Å². The van der Waals surface area contributed by atoms with Crippen molar-refractivity contribution in [1.29, 1.82) is 0 Å². The average molecular weight is 235 g/mol. The van der Waals surface area contributed by atoms with Crippen LogP contribution in [-0.2, 0) is 9.84 Å². The molecule has 0 aromatic carbocycles. The van der Waals surface area contributed by atoms with Crippen LogP contribution >= 0.6 is 11.6 Å². The van der Waals surface area contributed by atoms with Crippen molar-refractivity contribution in [2.24, 2.45) is 0 Å². The Kier molecular flexibility index (Phi) is 3.44. The third kappa shape index (κ3) is 2.42. The highest BCUT2D eigenvalue weighted by Crippen LogP contribution is 2.09. The molecule has 14 heavy (non-hydrogen) atoms. The van der Waals surface area contributed by atoms with Crippen molar-refractivity contribution in [2.75, 3.05) is 11.6 Å². The van der Waals surface area contributed by atoms with Gasteiger partial charge in [-0.25, -0.2) is 13.4 Å². The summed E-state index contributed by atoms with van der Waals surface area (Å²) in [7, 11) is -3.36. The molecule has 6 heteroatoms. The highest BCUT2D eigenvalue weighted by atomic mass is 35.5. The fraction of sp³-hybridized carbons (Fsp3) is 0.500. The molecule has 1 aromatic heterocycles. The van der Waals surface area contributed by atoms with E-state index in [-0.39, 0.29) is 16.7 Å². The van der Waals surface area contributed by atoms with Gasteiger partial charge in [0.2, 0.25) is 0 Å². The van der Waals surface area contributed by atoms with Gasteiger partial charge in [0, 0.05) is 5.88 Å². The predicted octanol–water partition coefficient (Wildman–Crippen LogP) is 1.11. The van der Waals surface area contributed by atoms with Crippen LogP contribution in [0.15, 0.2) is 11.2 Å². The smallest absolute Gasteiger partial charge is 0.198 e. The number of alkyl halides is 1. The first-order valence-corrected chi connectivity index (χ1v) is 6.25. The molecule has 0 saturated heterocycles. The lowest BCUT2D eigenvalue weighted by Crippen LogP contribution is -2.11. The molecule has 4 nitrogen and oxygen atoms in total. The minimum Gasteiger partial charge on any atom is -0.257 e. The van der Waals surface area contributed by atoms with Crippen molar-refractivity contribution in [1.82, 2.24) is 9.97 Å². The van der Waals surface area contributed by atoms with Crippen molar-refractivity contribution < 1.29 is 8.42 Å². The van der Waals surface area contributed by atoms with Crippen LogP contribution < -0.4 is 0 Å². The summed E-state index contributed by atoms with van der Waals surface area (Å²) in [6.07, 6.45) is 1.27. The lowest BCUT2D eigenvalue weighted by atomic mass is 10.4. The molecule has 0 atom stereocenters. The van der Waals surface area contributed by atoms with Crippen molar-refractivity contribution in [3.05, 3.63) is 17.6 Å². The maximum atomic E-state index is 11.5. The second-order valence-electron chi connectivity index (χ2n) is 2.89. The van der Waals surface area contributed by atoms with E-state index in [1.54, 1.807) is 13.8 Å². The van der Waals surface area contributed by atoms with Crippen molar-refractivity contribution >= 4 is 21.4 Å². The normalized spacial score (nSPS) is 11.6. The zero-order valence-electron chi connectivity index (χ0n) is 7.99. The molecular weight excluding hydrogens is 224 g/mol. The van der Waals surface area contributed by atoms with E-state index in [1.165, 1.54) is 6.20 Å². The lowest BCUT2D eigenvalue weighted by molar-refractivity contribution is 0.592. The highest BCUT2D eigenvalue weighted by molar-refractivity contribution is 7.91. The van der Waals surface area contributed by atoms with Crippen molar-refractivity contribution in [3.8, 4) is 0 Å². The summed E-state index contributed by atoms with van der Waals surface area (Å²) in [6.45, 7) is 3.50. The van der Waals surface area contributed by atoms with Gasteiger partial charge in [-0.3, -0.25) is 4.98 Å². The van der Waals surface area contributed by atoms with E-state index in [9.17, 15) is 8.42 Å². The molecule has 1 heterocycles. The second-order valence-corrected chi connectivity index (χ2v) is 5.32. The van der Waals surface area contributed by atoms with Gasteiger partial charge in [0.25, 0.3) is 0 Å². The van der Waals surface area contributed by atoms with Gasteiger partial charge in [-0.2, -0.15) is 0 Å². The van der Waals surface area contributed by atoms with Gasteiger partial charge in [0.15, 0.2) is 14.9 Å². The van der Waals surface area contributed by atoms with E-state index in [4.69, 9.17) is 11.6 Å². The number of hydrogen-bond donors (Lipinski definition) is 0. The Morgan fingerprint density at radius 2 is 2.00 bits per heavy atom. The Bertz CT molecular complexity index is 431. The van der Waals surface area contributed by atoms with Gasteiger partial charge in [0.05, 0.1) is 23.3 Å². The lowest BCUT2D eigenvalue weighted by Gasteiger charge is -2.03. The molecule has 1 aromatic rings. The van der Waals surface area contributed by atoms with Crippen LogP contribution in [-0.4, -0.2) is 30.0 Å². The van der Waals surface area contributed by atoms with E-state index in [0.717, 1.165) is 5.69 Å². The van der Waals surface area contributed by atoms with E-state index in [0.29, 0.717) is 5.69 Å². The first kappa shape index (κ1) is 11.4. The molecule has 0 aliphatic carbocycles. The summed E-state index contributed by atoms with van der Waals surface area (Å²) in [6, 6.07) is 0. The molecule has 0 bridgehead atoms. The third-order valence-electron chi connectivity index (χ3n) is 1.83. The van der Waals surface area contributed by atoms with Gasteiger partial charge >= 0.3 is 0 Å². The van der Waals surface area contributed by atoms with E-state index in [1.807, 2.05) is 0 Å². The Labute approximate surface area is 88.3 Å². The topological polar surface area (TPSA) is 59.9 Å². The molecule has 0 fully saturated rings. The van der Waals surface area contributed by atoms with Crippen LogP contribution in [0.3, 0.4) is 0 Å². The maximum absolute atomic E-state index is 11.5. The fourth-order valence-corrected chi connectivity index (χ4v) is 2.39. The minimum atomic E-state index is -3.36. The van der Waals surface area contributed by atoms with Gasteiger partial charge in [-0.1, -0.05) is 0 Å². The van der Waals surface area contributed by atoms with Gasteiger partial charge < -0.3 is 0 Å². The first-order chi connectivity index (χ1) is 6.47. The standard InChI is InChI=1S/C8H11ClN2O2S/c1-6-7(2)11-8(5-10-6)14(12,13)4-3-9/h5H,3-4H2,1-2H3. The van der Waals surface area contributed by atoms with Crippen LogP contribution in [0, 0.1) is 13.8 Å². The van der Waals surface area contributed by atoms with Crippen molar-refractivity contribution in [2.45, 2.75) is 18.9 Å². The summed E-state index contributed by atoms with van der Waals surface area (Å²) in [5.41, 5.74) is 1.36. The number of nitrogens with zero attached hydrogens (tertiary/aromatic N) is 2. The Balaban J connectivity index is 3.15.